The minimum Gasteiger partial charge on any atom is -0.365 e. The van der Waals surface area contributed by atoms with Crippen LogP contribution in [0.4, 0.5) is 5.69 Å². The molecule has 3 aliphatic heterocycles. The van der Waals surface area contributed by atoms with Gasteiger partial charge >= 0.3 is 0 Å². The molecule has 3 aliphatic rings. The summed E-state index contributed by atoms with van der Waals surface area (Å²) in [6.45, 7) is 6.12. The van der Waals surface area contributed by atoms with E-state index in [0.29, 0.717) is 18.1 Å². The van der Waals surface area contributed by atoms with Crippen LogP contribution < -0.4 is 10.2 Å². The van der Waals surface area contributed by atoms with Crippen LogP contribution in [0, 0.1) is 0 Å². The summed E-state index contributed by atoms with van der Waals surface area (Å²) in [5.74, 6) is 0.210. The summed E-state index contributed by atoms with van der Waals surface area (Å²) in [5, 5.41) is 3.42. The topological polar surface area (TPSA) is 40.5 Å². The quantitative estimate of drug-likeness (QED) is 0.870. The van der Waals surface area contributed by atoms with Crippen LogP contribution in [0.15, 0.2) is 42.6 Å². The second kappa shape index (κ2) is 7.86. The first-order chi connectivity index (χ1) is 14.2. The third-order valence-electron chi connectivity index (χ3n) is 7.11. The number of benzene rings is 1. The summed E-state index contributed by atoms with van der Waals surface area (Å²) >= 11 is 0. The number of amides is 1. The van der Waals surface area contributed by atoms with Crippen molar-refractivity contribution in [1.29, 1.82) is 0 Å². The zero-order valence-electron chi connectivity index (χ0n) is 17.4. The molecule has 1 N–H and O–H groups in total. The summed E-state index contributed by atoms with van der Waals surface area (Å²) in [4.78, 5) is 18.0. The van der Waals surface area contributed by atoms with Crippen LogP contribution in [0.3, 0.4) is 0 Å². The maximum Gasteiger partial charge on any atom is 0.270 e. The Morgan fingerprint density at radius 2 is 1.72 bits per heavy atom. The van der Waals surface area contributed by atoms with Crippen LogP contribution in [0.5, 0.6) is 0 Å². The van der Waals surface area contributed by atoms with E-state index in [-0.39, 0.29) is 5.91 Å². The Kier molecular flexibility index (Phi) is 5.08. The van der Waals surface area contributed by atoms with Gasteiger partial charge in [-0.1, -0.05) is 18.2 Å². The number of aromatic nitrogens is 1. The lowest BCUT2D eigenvalue weighted by Crippen LogP contribution is -2.49. The summed E-state index contributed by atoms with van der Waals surface area (Å²) in [6.07, 6.45) is 7.54. The van der Waals surface area contributed by atoms with Crippen LogP contribution in [-0.4, -0.2) is 53.6 Å². The minimum absolute atomic E-state index is 0.210. The number of nitrogens with one attached hydrogen (secondary N) is 1. The number of carbonyl (C=O) groups excluding carboxylic acids is 1. The van der Waals surface area contributed by atoms with Gasteiger partial charge in [-0.25, -0.2) is 0 Å². The number of piperidine rings is 2. The van der Waals surface area contributed by atoms with E-state index in [0.717, 1.165) is 64.0 Å². The molecule has 154 valence electrons. The van der Waals surface area contributed by atoms with Gasteiger partial charge in [0, 0.05) is 43.1 Å². The van der Waals surface area contributed by atoms with E-state index in [1.807, 2.05) is 12.1 Å². The molecule has 1 atom stereocenters. The van der Waals surface area contributed by atoms with Gasteiger partial charge in [0.2, 0.25) is 0 Å². The fourth-order valence-corrected chi connectivity index (χ4v) is 5.63. The summed E-state index contributed by atoms with van der Waals surface area (Å²) < 4.78 is 2.23. The molecule has 4 heterocycles. The molecule has 2 saturated heterocycles. The number of carbonyl (C=O) groups is 1. The molecule has 2 fully saturated rings. The maximum absolute atomic E-state index is 13.3. The van der Waals surface area contributed by atoms with Crippen molar-refractivity contribution in [3.8, 4) is 0 Å². The molecule has 1 aromatic heterocycles. The lowest BCUT2D eigenvalue weighted by Gasteiger charge is -2.40. The van der Waals surface area contributed by atoms with E-state index < -0.39 is 0 Å². The van der Waals surface area contributed by atoms with Gasteiger partial charge in [0.05, 0.1) is 0 Å². The third kappa shape index (κ3) is 3.46. The van der Waals surface area contributed by atoms with Gasteiger partial charge in [-0.15, -0.1) is 0 Å². The minimum atomic E-state index is 0.210. The Morgan fingerprint density at radius 1 is 0.966 bits per heavy atom. The predicted octanol–water partition coefficient (Wildman–Crippen LogP) is 3.47. The second-order valence-corrected chi connectivity index (χ2v) is 8.89. The van der Waals surface area contributed by atoms with E-state index in [9.17, 15) is 4.79 Å². The summed E-state index contributed by atoms with van der Waals surface area (Å²) in [5.41, 5.74) is 3.75. The lowest BCUT2D eigenvalue weighted by molar-refractivity contribution is 0.0696. The van der Waals surface area contributed by atoms with E-state index in [1.165, 1.54) is 11.3 Å². The van der Waals surface area contributed by atoms with E-state index in [4.69, 9.17) is 0 Å². The molecule has 5 rings (SSSR count). The molecule has 1 unspecified atom stereocenters. The zero-order chi connectivity index (χ0) is 19.8. The number of hydrogen-bond donors (Lipinski definition) is 1. The van der Waals surface area contributed by atoms with Crippen molar-refractivity contribution in [3.05, 3.63) is 53.9 Å². The maximum atomic E-state index is 13.3. The Hall–Kier alpha value is -2.27. The average molecular weight is 393 g/mol. The highest BCUT2D eigenvalue weighted by Gasteiger charge is 2.35. The van der Waals surface area contributed by atoms with Gasteiger partial charge in [0.15, 0.2) is 0 Å². The van der Waals surface area contributed by atoms with Gasteiger partial charge in [-0.3, -0.25) is 4.79 Å². The fourth-order valence-electron chi connectivity index (χ4n) is 5.63. The molecule has 5 heteroatoms. The van der Waals surface area contributed by atoms with Crippen LogP contribution in [-0.2, 0) is 6.42 Å². The largest absolute Gasteiger partial charge is 0.365 e. The first-order valence-electron chi connectivity index (χ1n) is 11.3. The molecule has 0 radical (unpaired) electrons. The third-order valence-corrected chi connectivity index (χ3v) is 7.11. The van der Waals surface area contributed by atoms with Crippen molar-refractivity contribution >= 4 is 11.6 Å². The first kappa shape index (κ1) is 18.7. The van der Waals surface area contributed by atoms with Crippen molar-refractivity contribution in [2.24, 2.45) is 0 Å². The van der Waals surface area contributed by atoms with Gasteiger partial charge < -0.3 is 19.7 Å². The predicted molar refractivity (Wildman–Crippen MR) is 117 cm³/mol. The number of likely N-dealkylation sites (tertiary alicyclic amines) is 1. The molecule has 0 spiro atoms. The van der Waals surface area contributed by atoms with Crippen LogP contribution in [0.1, 0.15) is 54.7 Å². The molecule has 29 heavy (non-hydrogen) atoms. The highest BCUT2D eigenvalue weighted by Crippen LogP contribution is 2.36. The fraction of sp³-hybridized carbons (Fsp3) is 0.542. The molecular formula is C24H32N4O. The summed E-state index contributed by atoms with van der Waals surface area (Å²) in [7, 11) is 0. The SMILES string of the molecule is CC1Cc2ccccc2N1C1CCN(C(=O)c2cccn2C2CCNCC2)CC1. The zero-order valence-corrected chi connectivity index (χ0v) is 17.4. The van der Waals surface area contributed by atoms with Crippen LogP contribution >= 0.6 is 0 Å². The Bertz CT molecular complexity index is 861. The van der Waals surface area contributed by atoms with Crippen molar-refractivity contribution in [3.63, 3.8) is 0 Å². The van der Waals surface area contributed by atoms with Crippen LogP contribution in [0.25, 0.3) is 0 Å². The smallest absolute Gasteiger partial charge is 0.270 e. The molecule has 2 aromatic rings. The Labute approximate surface area is 173 Å². The molecule has 0 aliphatic carbocycles. The van der Waals surface area contributed by atoms with Crippen molar-refractivity contribution < 1.29 is 4.79 Å². The van der Waals surface area contributed by atoms with Crippen molar-refractivity contribution in [2.45, 2.75) is 57.2 Å². The molecule has 1 aromatic carbocycles. The van der Waals surface area contributed by atoms with Crippen LogP contribution in [0.2, 0.25) is 0 Å². The molecule has 0 saturated carbocycles. The monoisotopic (exact) mass is 392 g/mol. The molecule has 1 amide bonds. The average Bonchev–Trinajstić information content (AvgIpc) is 3.38. The molecular weight excluding hydrogens is 360 g/mol. The number of rotatable bonds is 3. The van der Waals surface area contributed by atoms with Gasteiger partial charge in [0.1, 0.15) is 5.69 Å². The second-order valence-electron chi connectivity index (χ2n) is 8.89. The van der Waals surface area contributed by atoms with E-state index >= 15 is 0 Å². The molecule has 5 nitrogen and oxygen atoms in total. The number of nitrogens with zero attached hydrogens (tertiary/aromatic N) is 3. The highest BCUT2D eigenvalue weighted by atomic mass is 16.2. The number of para-hydroxylation sites is 1. The normalized spacial score (nSPS) is 23.4. The standard InChI is InChI=1S/C24H32N4O/c1-18-17-19-5-2-3-6-22(19)28(18)21-10-15-26(16-11-21)24(29)23-7-4-14-27(23)20-8-12-25-13-9-20/h2-7,14,18,20-21,25H,8-13,15-17H2,1H3. The van der Waals surface area contributed by atoms with Gasteiger partial charge in [-0.2, -0.15) is 0 Å². The highest BCUT2D eigenvalue weighted by molar-refractivity contribution is 5.93. The lowest BCUT2D eigenvalue weighted by atomic mass is 10.0. The van der Waals surface area contributed by atoms with Crippen molar-refractivity contribution in [1.82, 2.24) is 14.8 Å². The molecule has 0 bridgehead atoms. The first-order valence-corrected chi connectivity index (χ1v) is 11.3. The Balaban J connectivity index is 1.26. The van der Waals surface area contributed by atoms with Gasteiger partial charge in [0.25, 0.3) is 5.91 Å². The number of hydrogen-bond acceptors (Lipinski definition) is 3. The summed E-state index contributed by atoms with van der Waals surface area (Å²) in [6, 6.07) is 14.4. The van der Waals surface area contributed by atoms with Gasteiger partial charge in [-0.05, 0) is 75.9 Å². The Morgan fingerprint density at radius 3 is 2.52 bits per heavy atom. The van der Waals surface area contributed by atoms with E-state index in [2.05, 4.69) is 57.1 Å². The number of anilines is 1. The van der Waals surface area contributed by atoms with E-state index in [1.54, 1.807) is 0 Å². The number of fused-ring (bicyclic) bond motifs is 1. The van der Waals surface area contributed by atoms with Crippen molar-refractivity contribution in [2.75, 3.05) is 31.1 Å².